The second kappa shape index (κ2) is 2.55. The summed E-state index contributed by atoms with van der Waals surface area (Å²) in [5, 5.41) is 0. The Morgan fingerprint density at radius 1 is 1.60 bits per heavy atom. The summed E-state index contributed by atoms with van der Waals surface area (Å²) in [6, 6.07) is 2.02. The largest absolute Gasteiger partial charge is 0.128 e. The van der Waals surface area contributed by atoms with Gasteiger partial charge in [-0.25, -0.2) is 0 Å². The minimum absolute atomic E-state index is 0.105. The normalized spacial score (nSPS) is 25.7. The van der Waals surface area contributed by atoms with Crippen molar-refractivity contribution in [1.29, 1.82) is 0 Å². The first-order chi connectivity index (χ1) is 5.25. The molecule has 1 aliphatic carbocycles. The molecule has 0 fully saturated rings. The molecule has 0 spiro atoms. The summed E-state index contributed by atoms with van der Waals surface area (Å²) in [5.74, 6) is 0. The van der Waals surface area contributed by atoms with E-state index in [9.17, 15) is 0 Å². The van der Waals surface area contributed by atoms with E-state index in [0.717, 1.165) is 23.6 Å². The van der Waals surface area contributed by atoms with Crippen molar-refractivity contribution in [3.63, 3.8) is 0 Å². The highest BCUT2D eigenvalue weighted by atomic mass is 35.5. The summed E-state index contributed by atoms with van der Waals surface area (Å²) in [5.41, 5.74) is 1.31. The molecular weight excluding hydrogens is 164 g/mol. The van der Waals surface area contributed by atoms with Gasteiger partial charge in [-0.15, -0.1) is 11.3 Å². The van der Waals surface area contributed by atoms with Gasteiger partial charge in [-0.05, 0) is 37.3 Å². The molecule has 0 saturated heterocycles. The lowest BCUT2D eigenvalue weighted by atomic mass is 10.00. The van der Waals surface area contributed by atoms with Crippen LogP contribution in [0.3, 0.4) is 0 Å². The van der Waals surface area contributed by atoms with Gasteiger partial charge in [-0.2, -0.15) is 0 Å². The molecular formula is C8H9ClS. The number of thiophene rings is 1. The van der Waals surface area contributed by atoms with E-state index < -0.39 is 0 Å². The van der Waals surface area contributed by atoms with Crippen molar-refractivity contribution in [3.8, 4) is 0 Å². The minimum atomic E-state index is 0.105. The molecule has 10 heavy (non-hydrogen) atoms. The van der Waals surface area contributed by atoms with Crippen LogP contribution in [0.2, 0.25) is 4.34 Å². The van der Waals surface area contributed by atoms with Crippen LogP contribution in [0.25, 0.3) is 0 Å². The van der Waals surface area contributed by atoms with Crippen LogP contribution in [0.15, 0.2) is 6.07 Å². The lowest BCUT2D eigenvalue weighted by molar-refractivity contribution is 0.697. The first-order valence-electron chi connectivity index (χ1n) is 4.03. The van der Waals surface area contributed by atoms with E-state index in [1.165, 1.54) is 10.4 Å². The van der Waals surface area contributed by atoms with Gasteiger partial charge in [0, 0.05) is 6.25 Å². The molecule has 0 amide bonds. The summed E-state index contributed by atoms with van der Waals surface area (Å²) in [6.07, 6.45) is 3.07. The quantitative estimate of drug-likeness (QED) is 0.565. The minimum Gasteiger partial charge on any atom is -0.128 e. The van der Waals surface area contributed by atoms with Crippen molar-refractivity contribution in [2.45, 2.75) is 25.7 Å². The van der Waals surface area contributed by atoms with E-state index in [4.69, 9.17) is 13.0 Å². The lowest BCUT2D eigenvalue weighted by Crippen LogP contribution is -1.96. The Labute approximate surface area is 71.2 Å². The first-order valence-corrected chi connectivity index (χ1v) is 4.64. The van der Waals surface area contributed by atoms with E-state index in [1.54, 1.807) is 11.3 Å². The van der Waals surface area contributed by atoms with Crippen LogP contribution in [0.5, 0.6) is 0 Å². The SMILES string of the molecule is [2H]C1CCc2sc(Cl)cc2C1. The molecule has 1 aromatic heterocycles. The van der Waals surface area contributed by atoms with Crippen molar-refractivity contribution >= 4 is 22.9 Å². The molecule has 0 aliphatic heterocycles. The van der Waals surface area contributed by atoms with Crippen molar-refractivity contribution in [1.82, 2.24) is 0 Å². The number of rotatable bonds is 0. The van der Waals surface area contributed by atoms with Crippen LogP contribution in [-0.4, -0.2) is 0 Å². The van der Waals surface area contributed by atoms with Gasteiger partial charge in [0.2, 0.25) is 0 Å². The molecule has 1 heterocycles. The average Bonchev–Trinajstić information content (AvgIpc) is 2.27. The van der Waals surface area contributed by atoms with Crippen LogP contribution in [0.1, 0.15) is 24.6 Å². The van der Waals surface area contributed by atoms with Gasteiger partial charge in [0.15, 0.2) is 0 Å². The van der Waals surface area contributed by atoms with Crippen LogP contribution in [0, 0.1) is 0 Å². The predicted molar refractivity (Wildman–Crippen MR) is 46.0 cm³/mol. The Morgan fingerprint density at radius 2 is 2.50 bits per heavy atom. The third-order valence-corrected chi connectivity index (χ3v) is 3.17. The highest BCUT2D eigenvalue weighted by Crippen LogP contribution is 2.32. The average molecular weight is 174 g/mol. The number of fused-ring (bicyclic) bond motifs is 1. The van der Waals surface area contributed by atoms with Crippen molar-refractivity contribution in [2.75, 3.05) is 0 Å². The summed E-state index contributed by atoms with van der Waals surface area (Å²) in [6.45, 7) is 0. The van der Waals surface area contributed by atoms with Crippen molar-refractivity contribution in [3.05, 3.63) is 20.8 Å². The Bertz CT molecular complexity index is 269. The van der Waals surface area contributed by atoms with Crippen LogP contribution >= 0.6 is 22.9 Å². The molecule has 0 bridgehead atoms. The molecule has 0 nitrogen and oxygen atoms in total. The van der Waals surface area contributed by atoms with Crippen molar-refractivity contribution in [2.24, 2.45) is 0 Å². The molecule has 1 aliphatic rings. The maximum absolute atomic E-state index is 7.57. The Balaban J connectivity index is 2.34. The highest BCUT2D eigenvalue weighted by Gasteiger charge is 2.11. The molecule has 1 aromatic rings. The summed E-state index contributed by atoms with van der Waals surface area (Å²) >= 11 is 7.53. The first kappa shape index (κ1) is 5.62. The molecule has 0 radical (unpaired) electrons. The van der Waals surface area contributed by atoms with Gasteiger partial charge < -0.3 is 0 Å². The second-order valence-corrected chi connectivity index (χ2v) is 4.30. The predicted octanol–water partition coefficient (Wildman–Crippen LogP) is 3.28. The zero-order chi connectivity index (χ0) is 7.84. The van der Waals surface area contributed by atoms with Crippen LogP contribution in [-0.2, 0) is 12.8 Å². The van der Waals surface area contributed by atoms with Gasteiger partial charge in [-0.3, -0.25) is 0 Å². The molecule has 2 rings (SSSR count). The zero-order valence-corrected chi connectivity index (χ0v) is 7.13. The number of halogens is 1. The summed E-state index contributed by atoms with van der Waals surface area (Å²) in [4.78, 5) is 1.40. The third kappa shape index (κ3) is 1.08. The van der Waals surface area contributed by atoms with Gasteiger partial charge in [-0.1, -0.05) is 11.6 Å². The lowest BCUT2D eigenvalue weighted by Gasteiger charge is -2.08. The maximum Gasteiger partial charge on any atom is 0.0934 e. The number of hydrogen-bond donors (Lipinski definition) is 0. The molecule has 0 saturated carbocycles. The Kier molecular flexibility index (Phi) is 1.43. The standard InChI is InChI=1S/C8H9ClS/c9-8-5-6-3-1-2-4-7(6)10-8/h5H,1-4H2/i1D. The molecule has 1 atom stereocenters. The van der Waals surface area contributed by atoms with Gasteiger partial charge >= 0.3 is 0 Å². The smallest absolute Gasteiger partial charge is 0.0934 e. The molecule has 0 N–H and O–H groups in total. The van der Waals surface area contributed by atoms with Gasteiger partial charge in [0.05, 0.1) is 4.34 Å². The summed E-state index contributed by atoms with van der Waals surface area (Å²) in [7, 11) is 0. The van der Waals surface area contributed by atoms with Crippen molar-refractivity contribution < 1.29 is 1.37 Å². The zero-order valence-electron chi connectivity index (χ0n) is 6.56. The Hall–Kier alpha value is -0.0100. The van der Waals surface area contributed by atoms with E-state index in [-0.39, 0.29) is 6.40 Å². The van der Waals surface area contributed by atoms with Gasteiger partial charge in [0.25, 0.3) is 0 Å². The topological polar surface area (TPSA) is 0 Å². The van der Waals surface area contributed by atoms with Crippen LogP contribution in [0.4, 0.5) is 0 Å². The maximum atomic E-state index is 7.57. The number of hydrogen-bond acceptors (Lipinski definition) is 1. The van der Waals surface area contributed by atoms with E-state index in [1.807, 2.05) is 6.07 Å². The van der Waals surface area contributed by atoms with E-state index in [0.29, 0.717) is 0 Å². The molecule has 54 valence electrons. The summed E-state index contributed by atoms with van der Waals surface area (Å²) < 4.78 is 8.45. The highest BCUT2D eigenvalue weighted by molar-refractivity contribution is 7.16. The fraction of sp³-hybridized carbons (Fsp3) is 0.500. The van der Waals surface area contributed by atoms with E-state index >= 15 is 0 Å². The monoisotopic (exact) mass is 173 g/mol. The molecule has 0 aromatic carbocycles. The molecule has 1 unspecified atom stereocenters. The second-order valence-electron chi connectivity index (χ2n) is 2.53. The number of aryl methyl sites for hydroxylation is 2. The third-order valence-electron chi connectivity index (χ3n) is 1.81. The molecule has 2 heteroatoms. The van der Waals surface area contributed by atoms with Gasteiger partial charge in [0.1, 0.15) is 0 Å². The Morgan fingerprint density at radius 3 is 3.40 bits per heavy atom. The fourth-order valence-electron chi connectivity index (χ4n) is 1.31. The van der Waals surface area contributed by atoms with Crippen LogP contribution < -0.4 is 0 Å². The van der Waals surface area contributed by atoms with E-state index in [2.05, 4.69) is 0 Å². The fourth-order valence-corrected chi connectivity index (χ4v) is 2.65.